The molecule has 1 aliphatic rings. The number of carbonyl (C=O) groups excluding carboxylic acids is 1. The topological polar surface area (TPSA) is 114 Å². The van der Waals surface area contributed by atoms with E-state index in [1.54, 1.807) is 62.5 Å². The second-order valence-corrected chi connectivity index (χ2v) is 10.1. The van der Waals surface area contributed by atoms with E-state index in [1.165, 1.54) is 6.07 Å². The number of aromatic nitrogens is 1. The van der Waals surface area contributed by atoms with Crippen molar-refractivity contribution in [2.45, 2.75) is 25.9 Å². The molecular weight excluding hydrogens is 538 g/mol. The maximum absolute atomic E-state index is 12.2. The van der Waals surface area contributed by atoms with Crippen LogP contribution >= 0.6 is 23.8 Å². The molecule has 4 aromatic rings. The molecule has 0 unspecified atom stereocenters. The molecule has 0 saturated carbocycles. The van der Waals surface area contributed by atoms with Gasteiger partial charge in [-0.15, -0.1) is 0 Å². The summed E-state index contributed by atoms with van der Waals surface area (Å²) in [6, 6.07) is 19.9. The smallest absolute Gasteiger partial charge is 0.280 e. The van der Waals surface area contributed by atoms with E-state index in [0.717, 1.165) is 5.69 Å². The number of amides is 1. The van der Waals surface area contributed by atoms with Crippen LogP contribution in [0.2, 0.25) is 5.02 Å². The van der Waals surface area contributed by atoms with Gasteiger partial charge in [0.15, 0.2) is 5.11 Å². The van der Waals surface area contributed by atoms with Crippen molar-refractivity contribution in [3.63, 3.8) is 0 Å². The van der Waals surface area contributed by atoms with Crippen molar-refractivity contribution in [3.8, 4) is 11.3 Å². The summed E-state index contributed by atoms with van der Waals surface area (Å²) in [5, 5.41) is 18.6. The van der Waals surface area contributed by atoms with Gasteiger partial charge in [-0.3, -0.25) is 19.9 Å². The number of carbonyl (C=O) groups is 1. The molecule has 0 radical (unpaired) electrons. The van der Waals surface area contributed by atoms with Crippen LogP contribution in [0, 0.1) is 16.0 Å². The lowest BCUT2D eigenvalue weighted by Crippen LogP contribution is -2.29. The molecule has 3 heterocycles. The van der Waals surface area contributed by atoms with Gasteiger partial charge in [0.25, 0.3) is 5.69 Å². The van der Waals surface area contributed by atoms with Crippen LogP contribution in [0.15, 0.2) is 83.4 Å². The Morgan fingerprint density at radius 3 is 2.62 bits per heavy atom. The Bertz CT molecular complexity index is 1560. The minimum atomic E-state index is -0.490. The Labute approximate surface area is 235 Å². The molecule has 2 aromatic heterocycles. The highest BCUT2D eigenvalue weighted by atomic mass is 35.5. The Hall–Kier alpha value is -4.28. The molecule has 2 aromatic carbocycles. The molecule has 0 bridgehead atoms. The zero-order valence-electron chi connectivity index (χ0n) is 21.0. The normalized spacial score (nSPS) is 16.8. The number of nitrogens with zero attached hydrogens (tertiary/aromatic N) is 3. The van der Waals surface area contributed by atoms with E-state index in [2.05, 4.69) is 15.6 Å². The van der Waals surface area contributed by atoms with Crippen molar-refractivity contribution in [1.82, 2.24) is 10.3 Å². The second kappa shape index (κ2) is 10.8. The van der Waals surface area contributed by atoms with Gasteiger partial charge >= 0.3 is 0 Å². The molecule has 2 N–H and O–H groups in total. The quantitative estimate of drug-likeness (QED) is 0.146. The van der Waals surface area contributed by atoms with Gasteiger partial charge in [-0.2, -0.15) is 0 Å². The van der Waals surface area contributed by atoms with Crippen molar-refractivity contribution in [1.29, 1.82) is 0 Å². The number of nitrogens with one attached hydrogen (secondary N) is 2. The monoisotopic (exact) mass is 561 g/mol. The molecule has 0 spiro atoms. The van der Waals surface area contributed by atoms with Gasteiger partial charge in [-0.25, -0.2) is 0 Å². The van der Waals surface area contributed by atoms with Crippen LogP contribution in [0.25, 0.3) is 11.3 Å². The van der Waals surface area contributed by atoms with E-state index in [1.807, 2.05) is 29.2 Å². The van der Waals surface area contributed by atoms with E-state index in [0.29, 0.717) is 38.6 Å². The molecule has 198 valence electrons. The second-order valence-electron chi connectivity index (χ2n) is 9.28. The number of pyridine rings is 1. The Morgan fingerprint density at radius 1 is 1.15 bits per heavy atom. The zero-order valence-corrected chi connectivity index (χ0v) is 22.6. The molecule has 1 amide bonds. The van der Waals surface area contributed by atoms with Crippen molar-refractivity contribution in [2.75, 3.05) is 10.2 Å². The number of thiocarbonyl (C=S) groups is 1. The number of nitro groups is 1. The van der Waals surface area contributed by atoms with Crippen LogP contribution in [-0.2, 0) is 4.79 Å². The number of hydrogen-bond donors (Lipinski definition) is 2. The first-order valence-corrected chi connectivity index (χ1v) is 13.0. The van der Waals surface area contributed by atoms with Gasteiger partial charge in [-0.1, -0.05) is 43.6 Å². The predicted octanol–water partition coefficient (Wildman–Crippen LogP) is 6.67. The molecule has 9 nitrogen and oxygen atoms in total. The first-order chi connectivity index (χ1) is 18.7. The highest BCUT2D eigenvalue weighted by Crippen LogP contribution is 2.44. The van der Waals surface area contributed by atoms with Gasteiger partial charge in [0.2, 0.25) is 5.91 Å². The van der Waals surface area contributed by atoms with Crippen molar-refractivity contribution in [2.24, 2.45) is 5.92 Å². The fraction of sp³-hybridized carbons (Fsp3) is 0.179. The fourth-order valence-corrected chi connectivity index (χ4v) is 5.02. The maximum Gasteiger partial charge on any atom is 0.280 e. The molecule has 5 rings (SSSR count). The average molecular weight is 562 g/mol. The highest BCUT2D eigenvalue weighted by Gasteiger charge is 2.43. The largest absolute Gasteiger partial charge is 0.459 e. The van der Waals surface area contributed by atoms with Crippen LogP contribution in [0.1, 0.15) is 37.4 Å². The average Bonchev–Trinajstić information content (AvgIpc) is 3.54. The van der Waals surface area contributed by atoms with Crippen molar-refractivity contribution in [3.05, 3.63) is 106 Å². The number of para-hydroxylation sites is 1. The number of hydrogen-bond acceptors (Lipinski definition) is 6. The summed E-state index contributed by atoms with van der Waals surface area (Å²) < 4.78 is 6.27. The van der Waals surface area contributed by atoms with Crippen molar-refractivity contribution < 1.29 is 14.1 Å². The van der Waals surface area contributed by atoms with Crippen LogP contribution < -0.4 is 15.5 Å². The summed E-state index contributed by atoms with van der Waals surface area (Å²) in [5.74, 6) is 0.543. The zero-order chi connectivity index (χ0) is 27.7. The van der Waals surface area contributed by atoms with Crippen LogP contribution in [0.3, 0.4) is 0 Å². The molecule has 1 saturated heterocycles. The lowest BCUT2D eigenvalue weighted by molar-refractivity contribution is -0.384. The SMILES string of the molecule is CC(C)C(=O)Nc1ccc(N2C(=S)N[C@H](c3ccccn3)[C@@H]2c2ccc(-c3ccccc3[N+](=O)[O-])o2)cc1Cl. The first kappa shape index (κ1) is 26.3. The Kier molecular flexibility index (Phi) is 7.32. The third-order valence-corrected chi connectivity index (χ3v) is 7.02. The molecule has 39 heavy (non-hydrogen) atoms. The highest BCUT2D eigenvalue weighted by molar-refractivity contribution is 7.80. The van der Waals surface area contributed by atoms with Gasteiger partial charge in [0.05, 0.1) is 32.9 Å². The standard InChI is InChI=1S/C28H24ClN5O4S/c1-16(2)27(35)31-20-11-10-17(15-19(20)29)33-26(25(32-28(33)39)21-8-5-6-14-30-21)24-13-12-23(38-24)18-7-3-4-9-22(18)34(36)37/h3-16,25-26H,1-2H3,(H,31,35)(H,32,39)/t25-,26+/m1/s1. The first-order valence-electron chi connectivity index (χ1n) is 12.2. The van der Waals surface area contributed by atoms with Gasteiger partial charge in [-0.05, 0) is 60.7 Å². The number of benzene rings is 2. The van der Waals surface area contributed by atoms with Gasteiger partial charge < -0.3 is 20.0 Å². The summed E-state index contributed by atoms with van der Waals surface area (Å²) in [7, 11) is 0. The predicted molar refractivity (Wildman–Crippen MR) is 154 cm³/mol. The van der Waals surface area contributed by atoms with E-state index < -0.39 is 11.0 Å². The molecule has 1 aliphatic heterocycles. The lowest BCUT2D eigenvalue weighted by atomic mass is 10.0. The van der Waals surface area contributed by atoms with Crippen LogP contribution in [-0.4, -0.2) is 20.9 Å². The number of rotatable bonds is 7. The van der Waals surface area contributed by atoms with Gasteiger partial charge in [0.1, 0.15) is 17.6 Å². The maximum atomic E-state index is 12.2. The van der Waals surface area contributed by atoms with E-state index in [-0.39, 0.29) is 23.6 Å². The van der Waals surface area contributed by atoms with E-state index in [9.17, 15) is 14.9 Å². The molecule has 2 atom stereocenters. The summed E-state index contributed by atoms with van der Waals surface area (Å²) in [5.41, 5.74) is 2.22. The van der Waals surface area contributed by atoms with Crippen LogP contribution in [0.4, 0.5) is 17.1 Å². The van der Waals surface area contributed by atoms with Gasteiger partial charge in [0, 0.05) is 23.9 Å². The molecule has 0 aliphatic carbocycles. The molecular formula is C28H24ClN5O4S. The number of anilines is 2. The summed E-state index contributed by atoms with van der Waals surface area (Å²) in [6.45, 7) is 3.60. The Balaban J connectivity index is 1.57. The number of furan rings is 1. The minimum Gasteiger partial charge on any atom is -0.459 e. The summed E-state index contributed by atoms with van der Waals surface area (Å²) in [6.07, 6.45) is 1.70. The summed E-state index contributed by atoms with van der Waals surface area (Å²) >= 11 is 12.3. The number of halogens is 1. The van der Waals surface area contributed by atoms with E-state index in [4.69, 9.17) is 28.2 Å². The minimum absolute atomic E-state index is 0.0533. The summed E-state index contributed by atoms with van der Waals surface area (Å²) in [4.78, 5) is 29.8. The Morgan fingerprint density at radius 2 is 1.92 bits per heavy atom. The fourth-order valence-electron chi connectivity index (χ4n) is 4.45. The van der Waals surface area contributed by atoms with E-state index >= 15 is 0 Å². The van der Waals surface area contributed by atoms with Crippen LogP contribution in [0.5, 0.6) is 0 Å². The third kappa shape index (κ3) is 5.21. The molecule has 11 heteroatoms. The van der Waals surface area contributed by atoms with Crippen molar-refractivity contribution >= 4 is 51.9 Å². The lowest BCUT2D eigenvalue weighted by Gasteiger charge is -2.26. The number of nitro benzene ring substituents is 1. The molecule has 1 fully saturated rings. The third-order valence-electron chi connectivity index (χ3n) is 6.40.